The topological polar surface area (TPSA) is 179 Å². The molecule has 0 radical (unpaired) electrons. The number of fused-ring (bicyclic) bond motifs is 1. The van der Waals surface area contributed by atoms with Gasteiger partial charge in [-0.05, 0) is 52.9 Å². The van der Waals surface area contributed by atoms with Gasteiger partial charge < -0.3 is 45.9 Å². The number of ether oxygens (including phenoxy) is 4. The van der Waals surface area contributed by atoms with Crippen LogP contribution in [0.25, 0.3) is 0 Å². The average Bonchev–Trinajstić information content (AvgIpc) is 3.49. The van der Waals surface area contributed by atoms with Crippen LogP contribution in [-0.4, -0.2) is 111 Å². The van der Waals surface area contributed by atoms with Gasteiger partial charge in [0.15, 0.2) is 0 Å². The van der Waals surface area contributed by atoms with E-state index in [4.69, 9.17) is 24.7 Å². The third-order valence-corrected chi connectivity index (χ3v) is 8.30. The van der Waals surface area contributed by atoms with Crippen LogP contribution in [0.15, 0.2) is 0 Å². The molecule has 0 aromatic heterocycles. The highest BCUT2D eigenvalue weighted by Crippen LogP contribution is 2.33. The molecule has 2 aliphatic heterocycles. The van der Waals surface area contributed by atoms with Gasteiger partial charge in [0, 0.05) is 50.1 Å². The van der Waals surface area contributed by atoms with Gasteiger partial charge >= 0.3 is 12.0 Å². The summed E-state index contributed by atoms with van der Waals surface area (Å²) >= 11 is 1.90. The molecule has 0 aromatic carbocycles. The van der Waals surface area contributed by atoms with Crippen LogP contribution in [0, 0.1) is 0 Å². The van der Waals surface area contributed by atoms with Crippen molar-refractivity contribution in [3.8, 4) is 0 Å². The van der Waals surface area contributed by atoms with E-state index in [1.807, 2.05) is 11.8 Å². The van der Waals surface area contributed by atoms with E-state index in [2.05, 4.69) is 21.3 Å². The Labute approximate surface area is 260 Å². The minimum absolute atomic E-state index is 0.0625. The molecule has 248 valence electrons. The maximum absolute atomic E-state index is 12.0. The molecule has 13 nitrogen and oxygen atoms in total. The number of thioether (sulfide) groups is 1. The first-order chi connectivity index (χ1) is 20.5. The number of rotatable bonds is 23. The van der Waals surface area contributed by atoms with Gasteiger partial charge in [-0.1, -0.05) is 6.42 Å². The lowest BCUT2D eigenvalue weighted by atomic mass is 10.0. The fourth-order valence-corrected chi connectivity index (χ4v) is 6.16. The second-order valence-electron chi connectivity index (χ2n) is 11.8. The van der Waals surface area contributed by atoms with Crippen molar-refractivity contribution >= 4 is 35.6 Å². The van der Waals surface area contributed by atoms with Crippen molar-refractivity contribution in [2.45, 2.75) is 101 Å². The van der Waals surface area contributed by atoms with Crippen LogP contribution in [0.4, 0.5) is 4.79 Å². The lowest BCUT2D eigenvalue weighted by Crippen LogP contribution is -2.41. The Morgan fingerprint density at radius 2 is 1.53 bits per heavy atom. The summed E-state index contributed by atoms with van der Waals surface area (Å²) in [6.45, 7) is 9.29. The van der Waals surface area contributed by atoms with Crippen LogP contribution < -0.4 is 27.0 Å². The third-order valence-electron chi connectivity index (χ3n) is 6.79. The molecule has 4 atom stereocenters. The molecule has 43 heavy (non-hydrogen) atoms. The van der Waals surface area contributed by atoms with Crippen molar-refractivity contribution < 1.29 is 38.1 Å². The van der Waals surface area contributed by atoms with Crippen LogP contribution >= 0.6 is 11.8 Å². The Bertz CT molecular complexity index is 859. The first-order valence-electron chi connectivity index (χ1n) is 15.5. The molecule has 0 unspecified atom stereocenters. The monoisotopic (exact) mass is 631 g/mol. The van der Waals surface area contributed by atoms with Crippen molar-refractivity contribution in [3.05, 3.63) is 0 Å². The van der Waals surface area contributed by atoms with E-state index in [1.54, 1.807) is 20.8 Å². The number of nitrogens with two attached hydrogens (primary N) is 1. The first-order valence-corrected chi connectivity index (χ1v) is 16.5. The zero-order valence-electron chi connectivity index (χ0n) is 26.1. The molecule has 0 spiro atoms. The quantitative estimate of drug-likeness (QED) is 0.0626. The van der Waals surface area contributed by atoms with E-state index >= 15 is 0 Å². The molecule has 2 heterocycles. The highest BCUT2D eigenvalue weighted by Gasteiger charge is 2.42. The Morgan fingerprint density at radius 1 is 0.907 bits per heavy atom. The van der Waals surface area contributed by atoms with E-state index in [0.29, 0.717) is 70.8 Å². The average molecular weight is 632 g/mol. The van der Waals surface area contributed by atoms with Crippen molar-refractivity contribution in [1.29, 1.82) is 0 Å². The van der Waals surface area contributed by atoms with Gasteiger partial charge in [-0.25, -0.2) is 4.79 Å². The third kappa shape index (κ3) is 17.1. The molecule has 2 saturated heterocycles. The molecule has 14 heteroatoms. The number of esters is 1. The van der Waals surface area contributed by atoms with Gasteiger partial charge in [0.2, 0.25) is 11.8 Å². The molecular formula is C29H53N5O8S. The Kier molecular flexibility index (Phi) is 17.9. The number of carbonyl (C=O) groups is 4. The van der Waals surface area contributed by atoms with Gasteiger partial charge in [-0.15, -0.1) is 0 Å². The highest BCUT2D eigenvalue weighted by molar-refractivity contribution is 8.00. The zero-order chi connectivity index (χ0) is 31.5. The molecular weight excluding hydrogens is 578 g/mol. The van der Waals surface area contributed by atoms with E-state index in [-0.39, 0.29) is 48.7 Å². The summed E-state index contributed by atoms with van der Waals surface area (Å²) in [5.41, 5.74) is 5.29. The van der Waals surface area contributed by atoms with Crippen molar-refractivity contribution in [2.24, 2.45) is 5.73 Å². The SMILES string of the molecule is CC(C)(C)OC(=O)CC[C@H](N)C(=O)NCCCOCCOCCOCCCNC(=O)CCCC[C@@H]1SC[C@@H]2NC(=O)N[C@@H]21. The predicted molar refractivity (Wildman–Crippen MR) is 165 cm³/mol. The largest absolute Gasteiger partial charge is 0.460 e. The zero-order valence-corrected chi connectivity index (χ0v) is 26.9. The molecule has 2 fully saturated rings. The van der Waals surface area contributed by atoms with E-state index in [1.165, 1.54) is 0 Å². The first kappa shape index (κ1) is 37.1. The maximum atomic E-state index is 12.0. The van der Waals surface area contributed by atoms with E-state index in [0.717, 1.165) is 31.4 Å². The fraction of sp³-hybridized carbons (Fsp3) is 0.862. The smallest absolute Gasteiger partial charge is 0.315 e. The molecule has 4 amide bonds. The normalized spacial score (nSPS) is 20.2. The number of amides is 4. The van der Waals surface area contributed by atoms with Gasteiger partial charge in [-0.2, -0.15) is 11.8 Å². The van der Waals surface area contributed by atoms with Crippen molar-refractivity contribution in [1.82, 2.24) is 21.3 Å². The van der Waals surface area contributed by atoms with Crippen LogP contribution in [0.2, 0.25) is 0 Å². The standard InChI is InChI=1S/C29H53N5O8S/c1-29(2,3)42-25(36)11-10-21(30)27(37)32-13-7-15-40-17-19-41-18-16-39-14-6-12-31-24(35)9-5-4-8-23-26-22(20-43-23)33-28(38)34-26/h21-23,26H,4-20,30H2,1-3H3,(H,31,35)(H,32,37)(H2,33,34,38)/t21-,22-,23-,26-/m0/s1. The Hall–Kier alpha value is -2.13. The van der Waals surface area contributed by atoms with Crippen LogP contribution in [0.1, 0.15) is 72.1 Å². The summed E-state index contributed by atoms with van der Waals surface area (Å²) in [5, 5.41) is 12.1. The predicted octanol–water partition coefficient (Wildman–Crippen LogP) is 1.22. The highest BCUT2D eigenvalue weighted by atomic mass is 32.2. The summed E-state index contributed by atoms with van der Waals surface area (Å²) in [6, 6.07) is -0.349. The van der Waals surface area contributed by atoms with Gasteiger partial charge in [0.1, 0.15) is 5.60 Å². The van der Waals surface area contributed by atoms with E-state index in [9.17, 15) is 19.2 Å². The summed E-state index contributed by atoms with van der Waals surface area (Å²) in [4.78, 5) is 47.2. The molecule has 0 bridgehead atoms. The number of urea groups is 1. The van der Waals surface area contributed by atoms with Crippen molar-refractivity contribution in [2.75, 3.05) is 58.5 Å². The lowest BCUT2D eigenvalue weighted by molar-refractivity contribution is -0.155. The molecule has 2 rings (SSSR count). The summed E-state index contributed by atoms with van der Waals surface area (Å²) in [5.74, 6) is 0.366. The number of unbranched alkanes of at least 4 members (excludes halogenated alkanes) is 1. The summed E-state index contributed by atoms with van der Waals surface area (Å²) < 4.78 is 21.7. The Balaban J connectivity index is 1.28. The van der Waals surface area contributed by atoms with Gasteiger partial charge in [0.05, 0.1) is 44.6 Å². The fourth-order valence-electron chi connectivity index (χ4n) is 4.62. The van der Waals surface area contributed by atoms with Crippen molar-refractivity contribution in [3.63, 3.8) is 0 Å². The van der Waals surface area contributed by atoms with Crippen LogP contribution in [-0.2, 0) is 33.3 Å². The van der Waals surface area contributed by atoms with E-state index < -0.39 is 11.6 Å². The van der Waals surface area contributed by atoms with Crippen LogP contribution in [0.3, 0.4) is 0 Å². The minimum atomic E-state index is -0.754. The maximum Gasteiger partial charge on any atom is 0.315 e. The number of carbonyl (C=O) groups excluding carboxylic acids is 4. The number of hydrogen-bond donors (Lipinski definition) is 5. The molecule has 0 saturated carbocycles. The van der Waals surface area contributed by atoms with Gasteiger partial charge in [-0.3, -0.25) is 14.4 Å². The molecule has 0 aliphatic carbocycles. The molecule has 2 aliphatic rings. The molecule has 0 aromatic rings. The summed E-state index contributed by atoms with van der Waals surface area (Å²) in [6.07, 6.45) is 5.08. The second kappa shape index (κ2) is 20.8. The number of nitrogens with one attached hydrogen (secondary N) is 4. The van der Waals surface area contributed by atoms with Crippen LogP contribution in [0.5, 0.6) is 0 Å². The van der Waals surface area contributed by atoms with Gasteiger partial charge in [0.25, 0.3) is 0 Å². The Morgan fingerprint density at radius 3 is 2.19 bits per heavy atom. The second-order valence-corrected chi connectivity index (χ2v) is 13.1. The minimum Gasteiger partial charge on any atom is -0.460 e. The lowest BCUT2D eigenvalue weighted by Gasteiger charge is -2.20. The number of hydrogen-bond acceptors (Lipinski definition) is 10. The molecule has 6 N–H and O–H groups in total. The summed E-state index contributed by atoms with van der Waals surface area (Å²) in [7, 11) is 0.